The minimum Gasteiger partial charge on any atom is -0.441 e. The molecule has 146 valence electrons. The Labute approximate surface area is 170 Å². The Hall–Kier alpha value is -2.59. The Kier molecular flexibility index (Phi) is 6.20. The van der Waals surface area contributed by atoms with Crippen LogP contribution in [0.4, 0.5) is 0 Å². The lowest BCUT2D eigenvalue weighted by Gasteiger charge is -2.32. The molecule has 1 aromatic heterocycles. The number of hydrogen-bond donors (Lipinski definition) is 1. The third-order valence-corrected chi connectivity index (χ3v) is 4.80. The molecule has 0 radical (unpaired) electrons. The van der Waals surface area contributed by atoms with Gasteiger partial charge in [0.1, 0.15) is 0 Å². The third kappa shape index (κ3) is 5.23. The monoisotopic (exact) mass is 396 g/mol. The summed E-state index contributed by atoms with van der Waals surface area (Å²) in [5.41, 5.74) is 1.91. The summed E-state index contributed by atoms with van der Waals surface area (Å²) in [7, 11) is 0. The summed E-state index contributed by atoms with van der Waals surface area (Å²) in [6.07, 6.45) is 2.45. The van der Waals surface area contributed by atoms with Crippen molar-refractivity contribution in [3.05, 3.63) is 77.3 Å². The zero-order valence-electron chi connectivity index (χ0n) is 16.4. The molecule has 3 rings (SSSR count). The van der Waals surface area contributed by atoms with Crippen LogP contribution in [0.1, 0.15) is 44.7 Å². The van der Waals surface area contributed by atoms with Crippen LogP contribution >= 0.6 is 11.6 Å². The van der Waals surface area contributed by atoms with Gasteiger partial charge < -0.3 is 9.73 Å². The van der Waals surface area contributed by atoms with Gasteiger partial charge in [-0.2, -0.15) is 0 Å². The summed E-state index contributed by atoms with van der Waals surface area (Å²) in [5.74, 6) is 1.20. The molecule has 3 aromatic rings. The first-order chi connectivity index (χ1) is 13.3. The Morgan fingerprint density at radius 1 is 1.11 bits per heavy atom. The summed E-state index contributed by atoms with van der Waals surface area (Å²) in [4.78, 5) is 16.9. The number of aryl methyl sites for hydroxylation is 1. The molecule has 1 amide bonds. The summed E-state index contributed by atoms with van der Waals surface area (Å²) in [6.45, 7) is 6.37. The van der Waals surface area contributed by atoms with Crippen molar-refractivity contribution in [3.63, 3.8) is 0 Å². The number of hydrogen-bond acceptors (Lipinski definition) is 3. The molecular formula is C23H25ClN2O2. The van der Waals surface area contributed by atoms with Crippen molar-refractivity contribution in [2.75, 3.05) is 0 Å². The molecular weight excluding hydrogens is 372 g/mol. The fourth-order valence-corrected chi connectivity index (χ4v) is 3.20. The van der Waals surface area contributed by atoms with Crippen molar-refractivity contribution in [2.24, 2.45) is 5.41 Å². The van der Waals surface area contributed by atoms with Gasteiger partial charge in [-0.3, -0.25) is 4.79 Å². The smallest absolute Gasteiger partial charge is 0.221 e. The maximum atomic E-state index is 12.6. The van der Waals surface area contributed by atoms with Crippen molar-refractivity contribution in [1.82, 2.24) is 10.3 Å². The first kappa shape index (κ1) is 20.2. The molecule has 0 aliphatic carbocycles. The zero-order chi connectivity index (χ0) is 20.1. The molecule has 0 saturated heterocycles. The molecule has 1 heterocycles. The fraction of sp³-hybridized carbons (Fsp3) is 0.304. The van der Waals surface area contributed by atoms with Crippen LogP contribution in [0.25, 0.3) is 11.3 Å². The second-order valence-corrected chi connectivity index (χ2v) is 8.34. The molecule has 4 nitrogen and oxygen atoms in total. The first-order valence-electron chi connectivity index (χ1n) is 9.38. The van der Waals surface area contributed by atoms with E-state index in [9.17, 15) is 4.79 Å². The summed E-state index contributed by atoms with van der Waals surface area (Å²) < 4.78 is 5.78. The van der Waals surface area contributed by atoms with E-state index >= 15 is 0 Å². The predicted molar refractivity (Wildman–Crippen MR) is 112 cm³/mol. The number of nitrogens with zero attached hydrogens (tertiary/aromatic N) is 1. The van der Waals surface area contributed by atoms with E-state index in [1.165, 1.54) is 0 Å². The van der Waals surface area contributed by atoms with Crippen molar-refractivity contribution >= 4 is 17.5 Å². The van der Waals surface area contributed by atoms with E-state index in [4.69, 9.17) is 16.0 Å². The van der Waals surface area contributed by atoms with Crippen LogP contribution in [-0.2, 0) is 11.2 Å². The van der Waals surface area contributed by atoms with E-state index in [2.05, 4.69) is 31.1 Å². The van der Waals surface area contributed by atoms with E-state index in [0.717, 1.165) is 11.1 Å². The van der Waals surface area contributed by atoms with Crippen molar-refractivity contribution in [1.29, 1.82) is 0 Å². The third-order valence-electron chi connectivity index (χ3n) is 4.55. The van der Waals surface area contributed by atoms with Gasteiger partial charge in [-0.15, -0.1) is 0 Å². The molecule has 0 spiro atoms. The van der Waals surface area contributed by atoms with Gasteiger partial charge in [0, 0.05) is 23.4 Å². The molecule has 0 saturated carbocycles. The molecule has 2 aromatic carbocycles. The second kappa shape index (κ2) is 8.61. The van der Waals surface area contributed by atoms with Crippen molar-refractivity contribution in [3.8, 4) is 11.3 Å². The van der Waals surface area contributed by atoms with Crippen molar-refractivity contribution < 1.29 is 9.21 Å². The predicted octanol–water partition coefficient (Wildman–Crippen LogP) is 5.83. The summed E-state index contributed by atoms with van der Waals surface area (Å²) >= 11 is 5.92. The van der Waals surface area contributed by atoms with Gasteiger partial charge in [0.15, 0.2) is 11.7 Å². The first-order valence-corrected chi connectivity index (χ1v) is 9.75. The second-order valence-electron chi connectivity index (χ2n) is 7.90. The van der Waals surface area contributed by atoms with E-state index in [1.54, 1.807) is 6.20 Å². The van der Waals surface area contributed by atoms with Gasteiger partial charge in [0.2, 0.25) is 5.91 Å². The minimum atomic E-state index is -0.0955. The normalized spacial score (nSPS) is 12.6. The van der Waals surface area contributed by atoms with Gasteiger partial charge >= 0.3 is 0 Å². The van der Waals surface area contributed by atoms with E-state index < -0.39 is 0 Å². The fourth-order valence-electron chi connectivity index (χ4n) is 3.07. The number of benzene rings is 2. The molecule has 28 heavy (non-hydrogen) atoms. The van der Waals surface area contributed by atoms with Crippen LogP contribution in [-0.4, -0.2) is 10.9 Å². The highest BCUT2D eigenvalue weighted by Gasteiger charge is 2.27. The Morgan fingerprint density at radius 3 is 2.43 bits per heavy atom. The largest absolute Gasteiger partial charge is 0.441 e. The molecule has 0 fully saturated rings. The maximum absolute atomic E-state index is 12.6. The van der Waals surface area contributed by atoms with Crippen LogP contribution in [0.5, 0.6) is 0 Å². The number of nitrogens with one attached hydrogen (secondary N) is 1. The Balaban J connectivity index is 1.61. The number of rotatable bonds is 6. The summed E-state index contributed by atoms with van der Waals surface area (Å²) in [5, 5.41) is 3.84. The average Bonchev–Trinajstić information content (AvgIpc) is 3.14. The van der Waals surface area contributed by atoms with Crippen LogP contribution in [0.3, 0.4) is 0 Å². The summed E-state index contributed by atoms with van der Waals surface area (Å²) in [6, 6.07) is 17.4. The van der Waals surface area contributed by atoms with E-state index in [-0.39, 0.29) is 17.4 Å². The van der Waals surface area contributed by atoms with Gasteiger partial charge in [-0.05, 0) is 35.2 Å². The molecule has 1 N–H and O–H groups in total. The number of amides is 1. The van der Waals surface area contributed by atoms with Crippen LogP contribution in [0.15, 0.2) is 65.2 Å². The number of carbonyl (C=O) groups excluding carboxylic acids is 1. The van der Waals surface area contributed by atoms with Gasteiger partial charge in [0.25, 0.3) is 0 Å². The van der Waals surface area contributed by atoms with E-state index in [1.807, 2.05) is 54.6 Å². The molecule has 5 heteroatoms. The number of halogens is 1. The van der Waals surface area contributed by atoms with Gasteiger partial charge in [0.05, 0.1) is 12.2 Å². The standard InChI is InChI=1S/C23H25ClN2O2/c1-23(2,3)22(17-7-5-4-6-8-17)26-20(27)13-14-21-25-15-19(28-21)16-9-11-18(24)12-10-16/h4-12,15,22H,13-14H2,1-3H3,(H,26,27). The van der Waals surface area contributed by atoms with Gasteiger partial charge in [-0.25, -0.2) is 4.98 Å². The molecule has 0 aliphatic heterocycles. The molecule has 1 atom stereocenters. The highest BCUT2D eigenvalue weighted by molar-refractivity contribution is 6.30. The quantitative estimate of drug-likeness (QED) is 0.570. The highest BCUT2D eigenvalue weighted by Crippen LogP contribution is 2.32. The van der Waals surface area contributed by atoms with Crippen LogP contribution in [0, 0.1) is 5.41 Å². The number of oxazole rings is 1. The Bertz CT molecular complexity index is 912. The zero-order valence-corrected chi connectivity index (χ0v) is 17.2. The average molecular weight is 397 g/mol. The highest BCUT2D eigenvalue weighted by atomic mass is 35.5. The van der Waals surface area contributed by atoms with Crippen LogP contribution in [0.2, 0.25) is 5.02 Å². The van der Waals surface area contributed by atoms with Gasteiger partial charge in [-0.1, -0.05) is 62.7 Å². The van der Waals surface area contributed by atoms with E-state index in [0.29, 0.717) is 29.5 Å². The lowest BCUT2D eigenvalue weighted by molar-refractivity contribution is -0.122. The number of carbonyl (C=O) groups is 1. The van der Waals surface area contributed by atoms with Crippen LogP contribution < -0.4 is 5.32 Å². The molecule has 0 aliphatic rings. The SMILES string of the molecule is CC(C)(C)C(NC(=O)CCc1ncc(-c2ccc(Cl)cc2)o1)c1ccccc1. The Morgan fingerprint density at radius 2 is 1.79 bits per heavy atom. The molecule has 0 bridgehead atoms. The van der Waals surface area contributed by atoms with Crippen molar-refractivity contribution in [2.45, 2.75) is 39.7 Å². The lowest BCUT2D eigenvalue weighted by Crippen LogP contribution is -2.36. The minimum absolute atomic E-state index is 0.0185. The topological polar surface area (TPSA) is 55.1 Å². The molecule has 1 unspecified atom stereocenters. The lowest BCUT2D eigenvalue weighted by atomic mass is 9.82. The number of aromatic nitrogens is 1. The maximum Gasteiger partial charge on any atom is 0.221 e.